The SMILES string of the molecule is O=C(Nc1ccccc1Sc1ccccc1)C(=O)N1CCCC1. The van der Waals surface area contributed by atoms with Crippen molar-refractivity contribution in [2.45, 2.75) is 22.6 Å². The highest BCUT2D eigenvalue weighted by molar-refractivity contribution is 7.99. The molecule has 0 bridgehead atoms. The molecule has 1 heterocycles. The van der Waals surface area contributed by atoms with Crippen LogP contribution in [0.25, 0.3) is 0 Å². The average molecular weight is 326 g/mol. The molecule has 2 aromatic rings. The van der Waals surface area contributed by atoms with Crippen molar-refractivity contribution < 1.29 is 9.59 Å². The minimum absolute atomic E-state index is 0.443. The summed E-state index contributed by atoms with van der Waals surface area (Å²) in [5.41, 5.74) is 0.666. The number of rotatable bonds is 3. The highest BCUT2D eigenvalue weighted by Gasteiger charge is 2.24. The first kappa shape index (κ1) is 15.6. The van der Waals surface area contributed by atoms with E-state index in [0.29, 0.717) is 18.8 Å². The molecule has 5 heteroatoms. The summed E-state index contributed by atoms with van der Waals surface area (Å²) in [5, 5.41) is 2.76. The van der Waals surface area contributed by atoms with Crippen molar-refractivity contribution in [2.75, 3.05) is 18.4 Å². The number of likely N-dealkylation sites (tertiary alicyclic amines) is 1. The van der Waals surface area contributed by atoms with Gasteiger partial charge in [0.2, 0.25) is 0 Å². The van der Waals surface area contributed by atoms with E-state index in [1.54, 1.807) is 16.7 Å². The second-order valence-electron chi connectivity index (χ2n) is 5.36. The molecular formula is C18H18N2O2S. The monoisotopic (exact) mass is 326 g/mol. The minimum atomic E-state index is -0.562. The zero-order chi connectivity index (χ0) is 16.1. The number of carbonyl (C=O) groups excluding carboxylic acids is 2. The predicted molar refractivity (Wildman–Crippen MR) is 91.5 cm³/mol. The fourth-order valence-electron chi connectivity index (χ4n) is 2.51. The van der Waals surface area contributed by atoms with Crippen molar-refractivity contribution in [1.82, 2.24) is 4.90 Å². The molecule has 3 rings (SSSR count). The molecule has 2 aromatic carbocycles. The van der Waals surface area contributed by atoms with Crippen LogP contribution in [0.5, 0.6) is 0 Å². The number of nitrogens with zero attached hydrogens (tertiary/aromatic N) is 1. The Bertz CT molecular complexity index is 697. The number of anilines is 1. The van der Waals surface area contributed by atoms with E-state index in [9.17, 15) is 9.59 Å². The van der Waals surface area contributed by atoms with Crippen molar-refractivity contribution in [1.29, 1.82) is 0 Å². The van der Waals surface area contributed by atoms with Gasteiger partial charge in [-0.05, 0) is 37.1 Å². The van der Waals surface area contributed by atoms with Crippen LogP contribution in [-0.4, -0.2) is 29.8 Å². The van der Waals surface area contributed by atoms with Gasteiger partial charge in [0.25, 0.3) is 0 Å². The van der Waals surface area contributed by atoms with Crippen LogP contribution in [0.2, 0.25) is 0 Å². The summed E-state index contributed by atoms with van der Waals surface area (Å²) in [4.78, 5) is 27.9. The van der Waals surface area contributed by atoms with Crippen LogP contribution in [0.3, 0.4) is 0 Å². The number of para-hydroxylation sites is 1. The Morgan fingerprint density at radius 1 is 0.913 bits per heavy atom. The van der Waals surface area contributed by atoms with Gasteiger partial charge in [-0.2, -0.15) is 0 Å². The highest BCUT2D eigenvalue weighted by atomic mass is 32.2. The first-order chi connectivity index (χ1) is 11.2. The van der Waals surface area contributed by atoms with Gasteiger partial charge in [0.15, 0.2) is 0 Å². The van der Waals surface area contributed by atoms with Crippen molar-refractivity contribution in [3.8, 4) is 0 Å². The summed E-state index contributed by atoms with van der Waals surface area (Å²) in [6.45, 7) is 1.35. The van der Waals surface area contributed by atoms with Crippen molar-refractivity contribution in [3.05, 3.63) is 54.6 Å². The Hall–Kier alpha value is -2.27. The molecule has 1 fully saturated rings. The van der Waals surface area contributed by atoms with Crippen LogP contribution >= 0.6 is 11.8 Å². The zero-order valence-corrected chi connectivity index (χ0v) is 13.5. The van der Waals surface area contributed by atoms with Crippen molar-refractivity contribution >= 4 is 29.3 Å². The normalized spacial score (nSPS) is 13.8. The van der Waals surface area contributed by atoms with E-state index in [1.807, 2.05) is 54.6 Å². The van der Waals surface area contributed by atoms with Crippen LogP contribution in [0.4, 0.5) is 5.69 Å². The molecule has 4 nitrogen and oxygen atoms in total. The number of amides is 2. The summed E-state index contributed by atoms with van der Waals surface area (Å²) in [6.07, 6.45) is 1.94. The van der Waals surface area contributed by atoms with Gasteiger partial charge in [-0.1, -0.05) is 42.1 Å². The van der Waals surface area contributed by atoms with E-state index in [1.165, 1.54) is 0 Å². The Kier molecular flexibility index (Phi) is 4.98. The summed E-state index contributed by atoms with van der Waals surface area (Å²) in [5.74, 6) is -1.00. The second-order valence-corrected chi connectivity index (χ2v) is 6.48. The fourth-order valence-corrected chi connectivity index (χ4v) is 3.44. The molecule has 0 aromatic heterocycles. The predicted octanol–water partition coefficient (Wildman–Crippen LogP) is 3.40. The van der Waals surface area contributed by atoms with Crippen LogP contribution < -0.4 is 5.32 Å². The van der Waals surface area contributed by atoms with Crippen LogP contribution in [0, 0.1) is 0 Å². The number of hydrogen-bond acceptors (Lipinski definition) is 3. The maximum atomic E-state index is 12.2. The van der Waals surface area contributed by atoms with Gasteiger partial charge in [-0.25, -0.2) is 0 Å². The Morgan fingerprint density at radius 3 is 2.30 bits per heavy atom. The van der Waals surface area contributed by atoms with Gasteiger partial charge < -0.3 is 10.2 Å². The molecular weight excluding hydrogens is 308 g/mol. The van der Waals surface area contributed by atoms with E-state index in [2.05, 4.69) is 5.32 Å². The Balaban J connectivity index is 1.72. The molecule has 2 amide bonds. The van der Waals surface area contributed by atoms with Crippen LogP contribution in [-0.2, 0) is 9.59 Å². The first-order valence-corrected chi connectivity index (χ1v) is 8.48. The van der Waals surface area contributed by atoms with Gasteiger partial charge in [-0.3, -0.25) is 9.59 Å². The van der Waals surface area contributed by atoms with Gasteiger partial charge in [-0.15, -0.1) is 0 Å². The van der Waals surface area contributed by atoms with Crippen molar-refractivity contribution in [2.24, 2.45) is 0 Å². The molecule has 0 radical (unpaired) electrons. The third-order valence-electron chi connectivity index (χ3n) is 3.69. The van der Waals surface area contributed by atoms with E-state index in [4.69, 9.17) is 0 Å². The summed E-state index contributed by atoms with van der Waals surface area (Å²) < 4.78 is 0. The number of hydrogen-bond donors (Lipinski definition) is 1. The molecule has 0 atom stereocenters. The molecule has 0 aliphatic carbocycles. The lowest BCUT2D eigenvalue weighted by molar-refractivity contribution is -0.142. The highest BCUT2D eigenvalue weighted by Crippen LogP contribution is 2.33. The smallest absolute Gasteiger partial charge is 0.313 e. The van der Waals surface area contributed by atoms with Crippen molar-refractivity contribution in [3.63, 3.8) is 0 Å². The molecule has 1 aliphatic heterocycles. The molecule has 0 unspecified atom stereocenters. The maximum absolute atomic E-state index is 12.2. The molecule has 23 heavy (non-hydrogen) atoms. The minimum Gasteiger partial charge on any atom is -0.334 e. The number of nitrogens with one attached hydrogen (secondary N) is 1. The van der Waals surface area contributed by atoms with Gasteiger partial charge in [0.05, 0.1) is 5.69 Å². The summed E-state index contributed by atoms with van der Waals surface area (Å²) in [6, 6.07) is 17.5. The second kappa shape index (κ2) is 7.33. The lowest BCUT2D eigenvalue weighted by atomic mass is 10.3. The number of carbonyl (C=O) groups is 2. The van der Waals surface area contributed by atoms with Crippen LogP contribution in [0.1, 0.15) is 12.8 Å². The molecule has 1 aliphatic rings. The zero-order valence-electron chi connectivity index (χ0n) is 12.7. The van der Waals surface area contributed by atoms with E-state index in [0.717, 1.165) is 22.6 Å². The first-order valence-electron chi connectivity index (χ1n) is 7.66. The standard InChI is InChI=1S/C18H18N2O2S/c21-17(18(22)20-12-6-7-13-20)19-15-10-4-5-11-16(15)23-14-8-2-1-3-9-14/h1-5,8-11H,6-7,12-13H2,(H,19,21). The Morgan fingerprint density at radius 2 is 1.57 bits per heavy atom. The largest absolute Gasteiger partial charge is 0.334 e. The molecule has 0 saturated carbocycles. The average Bonchev–Trinajstić information content (AvgIpc) is 3.11. The third-order valence-corrected chi connectivity index (χ3v) is 4.78. The molecule has 1 N–H and O–H groups in total. The fraction of sp³-hybridized carbons (Fsp3) is 0.222. The van der Waals surface area contributed by atoms with E-state index >= 15 is 0 Å². The topological polar surface area (TPSA) is 49.4 Å². The Labute approximate surface area is 139 Å². The van der Waals surface area contributed by atoms with E-state index < -0.39 is 11.8 Å². The number of benzene rings is 2. The van der Waals surface area contributed by atoms with Crippen LogP contribution in [0.15, 0.2) is 64.4 Å². The lowest BCUT2D eigenvalue weighted by Gasteiger charge is -2.15. The molecule has 0 spiro atoms. The van der Waals surface area contributed by atoms with Gasteiger partial charge >= 0.3 is 11.8 Å². The molecule has 1 saturated heterocycles. The van der Waals surface area contributed by atoms with Gasteiger partial charge in [0, 0.05) is 22.9 Å². The van der Waals surface area contributed by atoms with E-state index in [-0.39, 0.29) is 0 Å². The maximum Gasteiger partial charge on any atom is 0.313 e. The summed E-state index contributed by atoms with van der Waals surface area (Å²) >= 11 is 1.56. The van der Waals surface area contributed by atoms with Gasteiger partial charge in [0.1, 0.15) is 0 Å². The lowest BCUT2D eigenvalue weighted by Crippen LogP contribution is -2.37. The third kappa shape index (κ3) is 3.93. The summed E-state index contributed by atoms with van der Waals surface area (Å²) in [7, 11) is 0. The quantitative estimate of drug-likeness (QED) is 0.880. The molecule has 118 valence electrons.